The monoisotopic (exact) mass is 242 g/mol. The van der Waals surface area contributed by atoms with E-state index in [1.54, 1.807) is 0 Å². The van der Waals surface area contributed by atoms with Crippen LogP contribution >= 0.6 is 0 Å². The molecule has 0 spiro atoms. The quantitative estimate of drug-likeness (QED) is 0.707. The summed E-state index contributed by atoms with van der Waals surface area (Å²) < 4.78 is 5.63. The summed E-state index contributed by atoms with van der Waals surface area (Å²) in [6, 6.07) is 0.279. The number of hydrogen-bond donors (Lipinski definition) is 2. The van der Waals surface area contributed by atoms with Gasteiger partial charge in [-0.05, 0) is 38.6 Å². The third-order valence-electron chi connectivity index (χ3n) is 3.45. The zero-order valence-corrected chi connectivity index (χ0v) is 11.3. The van der Waals surface area contributed by atoms with E-state index in [1.807, 2.05) is 6.92 Å². The first-order valence-electron chi connectivity index (χ1n) is 6.80. The molecule has 100 valence electrons. The van der Waals surface area contributed by atoms with Crippen LogP contribution in [0.2, 0.25) is 0 Å². The Kier molecular flexibility index (Phi) is 6.52. The van der Waals surface area contributed by atoms with E-state index < -0.39 is 0 Å². The molecule has 0 aromatic heterocycles. The van der Waals surface area contributed by atoms with E-state index in [-0.39, 0.29) is 18.1 Å². The van der Waals surface area contributed by atoms with Crippen molar-refractivity contribution in [3.8, 4) is 0 Å². The van der Waals surface area contributed by atoms with Crippen molar-refractivity contribution >= 4 is 5.91 Å². The molecule has 0 saturated carbocycles. The van der Waals surface area contributed by atoms with Gasteiger partial charge >= 0.3 is 0 Å². The van der Waals surface area contributed by atoms with Crippen LogP contribution in [-0.4, -0.2) is 37.7 Å². The average Bonchev–Trinajstić information content (AvgIpc) is 2.85. The third-order valence-corrected chi connectivity index (χ3v) is 3.45. The molecule has 0 radical (unpaired) electrons. The molecule has 1 saturated heterocycles. The molecule has 0 aromatic rings. The molecule has 2 atom stereocenters. The summed E-state index contributed by atoms with van der Waals surface area (Å²) in [7, 11) is 0. The molecular formula is C13H26N2O2. The van der Waals surface area contributed by atoms with Crippen LogP contribution in [-0.2, 0) is 9.53 Å². The standard InChI is InChI=1S/C13H26N2O2/c1-4-12(5-2)15-13(16)10(3)17-9-11-6-7-14-8-11/h10-12,14H,4-9H2,1-3H3,(H,15,16). The SMILES string of the molecule is CCC(CC)NC(=O)C(C)OCC1CCNC1. The molecule has 1 amide bonds. The molecule has 4 nitrogen and oxygen atoms in total. The van der Waals surface area contributed by atoms with E-state index in [9.17, 15) is 4.79 Å². The summed E-state index contributed by atoms with van der Waals surface area (Å²) in [5, 5.41) is 6.31. The van der Waals surface area contributed by atoms with Gasteiger partial charge in [0.05, 0.1) is 6.61 Å². The minimum atomic E-state index is -0.337. The van der Waals surface area contributed by atoms with Crippen molar-refractivity contribution in [2.45, 2.75) is 52.2 Å². The highest BCUT2D eigenvalue weighted by molar-refractivity contribution is 5.80. The van der Waals surface area contributed by atoms with Crippen LogP contribution in [0.5, 0.6) is 0 Å². The normalized spacial score (nSPS) is 21.8. The van der Waals surface area contributed by atoms with Gasteiger partial charge in [0.15, 0.2) is 0 Å². The second-order valence-electron chi connectivity index (χ2n) is 4.86. The summed E-state index contributed by atoms with van der Waals surface area (Å²) >= 11 is 0. The molecule has 2 N–H and O–H groups in total. The molecule has 17 heavy (non-hydrogen) atoms. The highest BCUT2D eigenvalue weighted by Gasteiger charge is 2.20. The van der Waals surface area contributed by atoms with Crippen molar-refractivity contribution in [2.24, 2.45) is 5.92 Å². The molecule has 1 fully saturated rings. The van der Waals surface area contributed by atoms with Crippen LogP contribution in [0.25, 0.3) is 0 Å². The summed E-state index contributed by atoms with van der Waals surface area (Å²) in [6.07, 6.45) is 2.76. The Labute approximate surface area is 104 Å². The second-order valence-corrected chi connectivity index (χ2v) is 4.86. The molecule has 1 aliphatic heterocycles. The highest BCUT2D eigenvalue weighted by Crippen LogP contribution is 2.09. The van der Waals surface area contributed by atoms with Gasteiger partial charge in [0.1, 0.15) is 6.10 Å². The fourth-order valence-corrected chi connectivity index (χ4v) is 2.02. The number of amides is 1. The van der Waals surface area contributed by atoms with Crippen molar-refractivity contribution in [3.63, 3.8) is 0 Å². The Morgan fingerprint density at radius 1 is 1.47 bits per heavy atom. The van der Waals surface area contributed by atoms with E-state index in [0.717, 1.165) is 32.4 Å². The van der Waals surface area contributed by atoms with Gasteiger partial charge in [0.25, 0.3) is 0 Å². The molecule has 0 bridgehead atoms. The number of hydrogen-bond acceptors (Lipinski definition) is 3. The van der Waals surface area contributed by atoms with E-state index in [1.165, 1.54) is 0 Å². The van der Waals surface area contributed by atoms with Gasteiger partial charge in [-0.2, -0.15) is 0 Å². The predicted octanol–water partition coefficient (Wildman–Crippen LogP) is 1.31. The van der Waals surface area contributed by atoms with Gasteiger partial charge in [-0.1, -0.05) is 13.8 Å². The number of ether oxygens (including phenoxy) is 1. The fourth-order valence-electron chi connectivity index (χ4n) is 2.02. The van der Waals surface area contributed by atoms with Crippen LogP contribution in [0.4, 0.5) is 0 Å². The highest BCUT2D eigenvalue weighted by atomic mass is 16.5. The van der Waals surface area contributed by atoms with E-state index in [0.29, 0.717) is 12.5 Å². The lowest BCUT2D eigenvalue weighted by Crippen LogP contribution is -2.41. The Hall–Kier alpha value is -0.610. The molecule has 4 heteroatoms. The number of carbonyl (C=O) groups excluding carboxylic acids is 1. The van der Waals surface area contributed by atoms with Crippen molar-refractivity contribution in [3.05, 3.63) is 0 Å². The summed E-state index contributed by atoms with van der Waals surface area (Å²) in [6.45, 7) is 8.78. The molecule has 1 heterocycles. The fraction of sp³-hybridized carbons (Fsp3) is 0.923. The van der Waals surface area contributed by atoms with Crippen LogP contribution < -0.4 is 10.6 Å². The second kappa shape index (κ2) is 7.67. The molecule has 1 aliphatic rings. The third kappa shape index (κ3) is 5.04. The topological polar surface area (TPSA) is 50.4 Å². The van der Waals surface area contributed by atoms with Gasteiger partial charge < -0.3 is 15.4 Å². The number of rotatable bonds is 7. The van der Waals surface area contributed by atoms with E-state index in [2.05, 4.69) is 24.5 Å². The van der Waals surface area contributed by atoms with Crippen LogP contribution in [0, 0.1) is 5.92 Å². The first-order valence-corrected chi connectivity index (χ1v) is 6.80. The van der Waals surface area contributed by atoms with Crippen molar-refractivity contribution < 1.29 is 9.53 Å². The largest absolute Gasteiger partial charge is 0.368 e. The van der Waals surface area contributed by atoms with Gasteiger partial charge in [-0.15, -0.1) is 0 Å². The Bertz CT molecular complexity index is 223. The lowest BCUT2D eigenvalue weighted by Gasteiger charge is -2.20. The van der Waals surface area contributed by atoms with E-state index >= 15 is 0 Å². The Balaban J connectivity index is 2.21. The van der Waals surface area contributed by atoms with Crippen molar-refractivity contribution in [2.75, 3.05) is 19.7 Å². The molecule has 0 aromatic carbocycles. The maximum absolute atomic E-state index is 11.8. The van der Waals surface area contributed by atoms with Gasteiger partial charge in [0, 0.05) is 12.6 Å². The summed E-state index contributed by atoms with van der Waals surface area (Å²) in [5.74, 6) is 0.586. The van der Waals surface area contributed by atoms with Crippen molar-refractivity contribution in [1.29, 1.82) is 0 Å². The van der Waals surface area contributed by atoms with Crippen LogP contribution in [0.15, 0.2) is 0 Å². The summed E-state index contributed by atoms with van der Waals surface area (Å²) in [4.78, 5) is 11.8. The van der Waals surface area contributed by atoms with Gasteiger partial charge in [0.2, 0.25) is 5.91 Å². The van der Waals surface area contributed by atoms with E-state index in [4.69, 9.17) is 4.74 Å². The molecular weight excluding hydrogens is 216 g/mol. The lowest BCUT2D eigenvalue weighted by molar-refractivity contribution is -0.133. The summed E-state index contributed by atoms with van der Waals surface area (Å²) in [5.41, 5.74) is 0. The maximum atomic E-state index is 11.8. The molecule has 2 unspecified atom stereocenters. The minimum Gasteiger partial charge on any atom is -0.368 e. The average molecular weight is 242 g/mol. The number of nitrogens with one attached hydrogen (secondary N) is 2. The molecule has 1 rings (SSSR count). The van der Waals surface area contributed by atoms with Gasteiger partial charge in [-0.25, -0.2) is 0 Å². The first kappa shape index (κ1) is 14.5. The maximum Gasteiger partial charge on any atom is 0.249 e. The van der Waals surface area contributed by atoms with Crippen LogP contribution in [0.3, 0.4) is 0 Å². The predicted molar refractivity (Wildman–Crippen MR) is 68.9 cm³/mol. The molecule has 0 aliphatic carbocycles. The zero-order chi connectivity index (χ0) is 12.7. The Morgan fingerprint density at radius 2 is 2.18 bits per heavy atom. The first-order chi connectivity index (χ1) is 8.17. The lowest BCUT2D eigenvalue weighted by atomic mass is 10.1. The van der Waals surface area contributed by atoms with Crippen LogP contribution in [0.1, 0.15) is 40.0 Å². The zero-order valence-electron chi connectivity index (χ0n) is 11.3. The van der Waals surface area contributed by atoms with Gasteiger partial charge in [-0.3, -0.25) is 4.79 Å². The smallest absolute Gasteiger partial charge is 0.249 e. The van der Waals surface area contributed by atoms with Crippen molar-refractivity contribution in [1.82, 2.24) is 10.6 Å². The minimum absolute atomic E-state index is 0.0182. The Morgan fingerprint density at radius 3 is 2.71 bits per heavy atom. The number of carbonyl (C=O) groups is 1.